The highest BCUT2D eigenvalue weighted by Crippen LogP contribution is 2.32. The molecule has 2 atom stereocenters. The molecule has 1 aromatic carbocycles. The molecule has 2 heterocycles. The van der Waals surface area contributed by atoms with Crippen LogP contribution in [0.4, 0.5) is 0 Å². The fourth-order valence-electron chi connectivity index (χ4n) is 2.11. The molecule has 0 amide bonds. The second-order valence-electron chi connectivity index (χ2n) is 4.00. The normalized spacial score (nSPS) is 23.0. The molecule has 2 aromatic rings. The first kappa shape index (κ1) is 10.0. The molecule has 0 saturated heterocycles. The third kappa shape index (κ3) is 1.51. The van der Waals surface area contributed by atoms with Crippen molar-refractivity contribution in [3.63, 3.8) is 0 Å². The highest BCUT2D eigenvalue weighted by Gasteiger charge is 2.36. The van der Waals surface area contributed by atoms with Crippen molar-refractivity contribution >= 4 is 5.78 Å². The number of hydrogen-bond acceptors (Lipinski definition) is 4. The molecular weight excluding hydrogens is 218 g/mol. The number of ether oxygens (including phenoxy) is 1. The maximum atomic E-state index is 12.4. The van der Waals surface area contributed by atoms with E-state index in [1.165, 1.54) is 12.7 Å². The van der Waals surface area contributed by atoms with E-state index in [1.54, 1.807) is 16.8 Å². The number of nitrogens with zero attached hydrogens (tertiary/aromatic N) is 3. The van der Waals surface area contributed by atoms with E-state index in [0.717, 1.165) is 0 Å². The number of Topliss-reactive ketones (excluding diaryl/α,β-unsaturated/α-hetero) is 1. The molecule has 5 heteroatoms. The van der Waals surface area contributed by atoms with Crippen LogP contribution in [0.1, 0.15) is 23.3 Å². The van der Waals surface area contributed by atoms with E-state index in [4.69, 9.17) is 4.74 Å². The van der Waals surface area contributed by atoms with Gasteiger partial charge in [0, 0.05) is 0 Å². The summed E-state index contributed by atoms with van der Waals surface area (Å²) in [7, 11) is 0. The molecule has 17 heavy (non-hydrogen) atoms. The van der Waals surface area contributed by atoms with Crippen LogP contribution in [0.25, 0.3) is 0 Å². The third-order valence-electron chi connectivity index (χ3n) is 2.90. The van der Waals surface area contributed by atoms with Crippen LogP contribution in [-0.4, -0.2) is 26.7 Å². The third-order valence-corrected chi connectivity index (χ3v) is 2.90. The Hall–Kier alpha value is -2.17. The summed E-state index contributed by atoms with van der Waals surface area (Å²) in [4.78, 5) is 16.2. The quantitative estimate of drug-likeness (QED) is 0.743. The van der Waals surface area contributed by atoms with Crippen LogP contribution < -0.4 is 4.74 Å². The molecular formula is C12H11N3O2. The summed E-state index contributed by atoms with van der Waals surface area (Å²) in [5, 5.41) is 4.02. The maximum Gasteiger partial charge on any atom is 0.194 e. The molecule has 3 rings (SSSR count). The Morgan fingerprint density at radius 3 is 2.94 bits per heavy atom. The van der Waals surface area contributed by atoms with Gasteiger partial charge in [-0.05, 0) is 19.1 Å². The summed E-state index contributed by atoms with van der Waals surface area (Å²) in [5.74, 6) is 0.659. The van der Waals surface area contributed by atoms with Crippen LogP contribution in [0.5, 0.6) is 5.75 Å². The summed E-state index contributed by atoms with van der Waals surface area (Å²) in [5.41, 5.74) is 0.603. The van der Waals surface area contributed by atoms with Crippen LogP contribution in [0, 0.1) is 0 Å². The zero-order valence-corrected chi connectivity index (χ0v) is 9.28. The van der Waals surface area contributed by atoms with Gasteiger partial charge in [0.15, 0.2) is 11.8 Å². The Morgan fingerprint density at radius 2 is 2.18 bits per heavy atom. The molecule has 0 bridgehead atoms. The van der Waals surface area contributed by atoms with E-state index in [9.17, 15) is 4.79 Å². The predicted molar refractivity (Wildman–Crippen MR) is 59.9 cm³/mol. The van der Waals surface area contributed by atoms with Crippen molar-refractivity contribution in [2.75, 3.05) is 0 Å². The van der Waals surface area contributed by atoms with E-state index in [-0.39, 0.29) is 11.9 Å². The summed E-state index contributed by atoms with van der Waals surface area (Å²) in [6, 6.07) is 6.82. The van der Waals surface area contributed by atoms with E-state index in [2.05, 4.69) is 10.1 Å². The van der Waals surface area contributed by atoms with Crippen LogP contribution in [0.15, 0.2) is 36.9 Å². The van der Waals surface area contributed by atoms with Gasteiger partial charge in [0.1, 0.15) is 24.5 Å². The van der Waals surface area contributed by atoms with E-state index in [1.807, 2.05) is 19.1 Å². The summed E-state index contributed by atoms with van der Waals surface area (Å²) in [6.45, 7) is 1.86. The smallest absolute Gasteiger partial charge is 0.194 e. The Bertz CT molecular complexity index is 551. The number of ketones is 1. The second kappa shape index (κ2) is 3.69. The minimum Gasteiger partial charge on any atom is -0.487 e. The zero-order valence-electron chi connectivity index (χ0n) is 9.28. The summed E-state index contributed by atoms with van der Waals surface area (Å²) < 4.78 is 7.27. The lowest BCUT2D eigenvalue weighted by Gasteiger charge is -2.29. The molecule has 0 N–H and O–H groups in total. The lowest BCUT2D eigenvalue weighted by molar-refractivity contribution is 0.0697. The predicted octanol–water partition coefficient (Wildman–Crippen LogP) is 1.48. The summed E-state index contributed by atoms with van der Waals surface area (Å²) in [6.07, 6.45) is 2.70. The molecule has 86 valence electrons. The number of benzene rings is 1. The first-order valence-corrected chi connectivity index (χ1v) is 5.41. The monoisotopic (exact) mass is 229 g/mol. The van der Waals surface area contributed by atoms with Crippen LogP contribution in [0.3, 0.4) is 0 Å². The number of fused-ring (bicyclic) bond motifs is 1. The topological polar surface area (TPSA) is 57.0 Å². The molecule has 0 saturated carbocycles. The van der Waals surface area contributed by atoms with Gasteiger partial charge in [-0.3, -0.25) is 4.79 Å². The van der Waals surface area contributed by atoms with Crippen molar-refractivity contribution in [1.82, 2.24) is 14.8 Å². The number of carbonyl (C=O) groups excluding carboxylic acids is 1. The number of para-hydroxylation sites is 1. The zero-order chi connectivity index (χ0) is 11.8. The number of rotatable bonds is 1. The van der Waals surface area contributed by atoms with Crippen molar-refractivity contribution < 1.29 is 9.53 Å². The van der Waals surface area contributed by atoms with Gasteiger partial charge in [0.05, 0.1) is 5.56 Å². The van der Waals surface area contributed by atoms with Gasteiger partial charge in [0.25, 0.3) is 0 Å². The molecule has 0 unspecified atom stereocenters. The van der Waals surface area contributed by atoms with Gasteiger partial charge < -0.3 is 4.74 Å². The van der Waals surface area contributed by atoms with Crippen molar-refractivity contribution in [2.45, 2.75) is 19.1 Å². The van der Waals surface area contributed by atoms with Gasteiger partial charge in [0.2, 0.25) is 0 Å². The van der Waals surface area contributed by atoms with Crippen LogP contribution in [-0.2, 0) is 0 Å². The first-order valence-electron chi connectivity index (χ1n) is 5.41. The molecule has 5 nitrogen and oxygen atoms in total. The van der Waals surface area contributed by atoms with E-state index >= 15 is 0 Å². The maximum absolute atomic E-state index is 12.4. The van der Waals surface area contributed by atoms with Gasteiger partial charge in [-0.2, -0.15) is 5.10 Å². The van der Waals surface area contributed by atoms with Crippen LogP contribution >= 0.6 is 0 Å². The molecule has 0 aliphatic carbocycles. The molecule has 0 spiro atoms. The second-order valence-corrected chi connectivity index (χ2v) is 4.00. The Labute approximate surface area is 98.0 Å². The van der Waals surface area contributed by atoms with Crippen molar-refractivity contribution in [3.8, 4) is 5.75 Å². The van der Waals surface area contributed by atoms with Gasteiger partial charge in [-0.15, -0.1) is 0 Å². The van der Waals surface area contributed by atoms with Crippen molar-refractivity contribution in [3.05, 3.63) is 42.5 Å². The van der Waals surface area contributed by atoms with Gasteiger partial charge >= 0.3 is 0 Å². The minimum atomic E-state index is -0.438. The standard InChI is InChI=1S/C12H11N3O2/c1-8-11(15-7-13-6-14-15)12(16)9-4-2-3-5-10(9)17-8/h2-8,11H,1H3/t8-,11-/m0/s1. The Morgan fingerprint density at radius 1 is 1.35 bits per heavy atom. The number of carbonyl (C=O) groups is 1. The van der Waals surface area contributed by atoms with Gasteiger partial charge in [-0.25, -0.2) is 9.67 Å². The average Bonchev–Trinajstić information content (AvgIpc) is 2.83. The fraction of sp³-hybridized carbons (Fsp3) is 0.250. The van der Waals surface area contributed by atoms with Crippen molar-refractivity contribution in [2.24, 2.45) is 0 Å². The van der Waals surface area contributed by atoms with Crippen LogP contribution in [0.2, 0.25) is 0 Å². The highest BCUT2D eigenvalue weighted by atomic mass is 16.5. The molecule has 1 aliphatic heterocycles. The molecule has 1 aliphatic rings. The Kier molecular flexibility index (Phi) is 2.18. The number of hydrogen-bond donors (Lipinski definition) is 0. The largest absolute Gasteiger partial charge is 0.487 e. The SMILES string of the molecule is C[C@@H]1Oc2ccccc2C(=O)[C@H]1n1cncn1. The van der Waals surface area contributed by atoms with Crippen molar-refractivity contribution in [1.29, 1.82) is 0 Å². The first-order chi connectivity index (χ1) is 8.27. The lowest BCUT2D eigenvalue weighted by atomic mass is 9.96. The Balaban J connectivity index is 2.07. The molecule has 1 aromatic heterocycles. The lowest BCUT2D eigenvalue weighted by Crippen LogP contribution is -2.37. The molecule has 0 radical (unpaired) electrons. The number of aromatic nitrogens is 3. The highest BCUT2D eigenvalue weighted by molar-refractivity contribution is 6.02. The van der Waals surface area contributed by atoms with Gasteiger partial charge in [-0.1, -0.05) is 12.1 Å². The molecule has 0 fully saturated rings. The summed E-state index contributed by atoms with van der Waals surface area (Å²) >= 11 is 0. The minimum absolute atomic E-state index is 0.0184. The van der Waals surface area contributed by atoms with E-state index < -0.39 is 6.04 Å². The fourth-order valence-corrected chi connectivity index (χ4v) is 2.11. The average molecular weight is 229 g/mol. The van der Waals surface area contributed by atoms with E-state index in [0.29, 0.717) is 11.3 Å².